The molecule has 0 spiro atoms. The average Bonchev–Trinajstić information content (AvgIpc) is 2.60. The van der Waals surface area contributed by atoms with Gasteiger partial charge in [-0.15, -0.1) is 0 Å². The van der Waals surface area contributed by atoms with Crippen LogP contribution >= 0.6 is 0 Å². The average molecular weight is 364 g/mol. The number of rotatable bonds is 8. The van der Waals surface area contributed by atoms with E-state index in [-0.39, 0.29) is 12.3 Å². The van der Waals surface area contributed by atoms with Crippen LogP contribution in [0.15, 0.2) is 48.5 Å². The van der Waals surface area contributed by atoms with Gasteiger partial charge in [0.05, 0.1) is 26.5 Å². The van der Waals surface area contributed by atoms with E-state index in [0.717, 1.165) is 0 Å². The van der Waals surface area contributed by atoms with Crippen LogP contribution < -0.4 is 19.5 Å². The number of carbonyl (C=O) groups excluding carboxylic acids is 1. The smallest absolute Gasteiger partial charge is 0.239 e. The first-order valence-electron chi connectivity index (χ1n) is 7.46. The minimum atomic E-state index is -3.73. The standard InChI is InChI=1S/C17H20N2O5S/c1-23-15-8-9-16(24-2)13(10-15)12-25(21,22)18-11-17(20)19-14-6-4-3-5-7-14/h3-10,18H,11-12H2,1-2H3,(H,19,20). The maximum atomic E-state index is 12.2. The fourth-order valence-corrected chi connectivity index (χ4v) is 3.24. The summed E-state index contributed by atoms with van der Waals surface area (Å²) in [5, 5.41) is 2.61. The van der Waals surface area contributed by atoms with E-state index in [1.165, 1.54) is 14.2 Å². The molecular weight excluding hydrogens is 344 g/mol. The van der Waals surface area contributed by atoms with E-state index in [1.807, 2.05) is 6.07 Å². The second-order valence-corrected chi connectivity index (χ2v) is 6.98. The molecule has 2 N–H and O–H groups in total. The quantitative estimate of drug-likeness (QED) is 0.744. The molecule has 0 bridgehead atoms. The number of anilines is 1. The van der Waals surface area contributed by atoms with Crippen LogP contribution in [0.5, 0.6) is 11.5 Å². The molecule has 0 radical (unpaired) electrons. The van der Waals surface area contributed by atoms with Crippen molar-refractivity contribution in [3.63, 3.8) is 0 Å². The molecule has 7 nitrogen and oxygen atoms in total. The van der Waals surface area contributed by atoms with Crippen molar-refractivity contribution in [1.29, 1.82) is 0 Å². The molecule has 0 saturated heterocycles. The van der Waals surface area contributed by atoms with Gasteiger partial charge in [0.15, 0.2) is 0 Å². The van der Waals surface area contributed by atoms with E-state index in [4.69, 9.17) is 9.47 Å². The van der Waals surface area contributed by atoms with Gasteiger partial charge >= 0.3 is 0 Å². The molecule has 2 aromatic carbocycles. The minimum absolute atomic E-state index is 0.327. The van der Waals surface area contributed by atoms with E-state index < -0.39 is 15.9 Å². The van der Waals surface area contributed by atoms with Crippen LogP contribution in [0.25, 0.3) is 0 Å². The molecule has 2 aromatic rings. The fraction of sp³-hybridized carbons (Fsp3) is 0.235. The first-order valence-corrected chi connectivity index (χ1v) is 9.12. The summed E-state index contributed by atoms with van der Waals surface area (Å²) in [5.41, 5.74) is 1.04. The Bertz CT molecular complexity index is 822. The van der Waals surface area contributed by atoms with Gasteiger partial charge in [0.1, 0.15) is 11.5 Å². The van der Waals surface area contributed by atoms with Crippen molar-refractivity contribution >= 4 is 21.6 Å². The van der Waals surface area contributed by atoms with Gasteiger partial charge in [0.2, 0.25) is 15.9 Å². The summed E-state index contributed by atoms with van der Waals surface area (Å²) in [7, 11) is -0.777. The number of ether oxygens (including phenoxy) is 2. The first-order chi connectivity index (χ1) is 11.9. The molecule has 25 heavy (non-hydrogen) atoms. The highest BCUT2D eigenvalue weighted by Gasteiger charge is 2.17. The lowest BCUT2D eigenvalue weighted by Gasteiger charge is -2.12. The molecule has 0 unspecified atom stereocenters. The predicted octanol–water partition coefficient (Wildman–Crippen LogP) is 1.76. The van der Waals surface area contributed by atoms with E-state index >= 15 is 0 Å². The number of methoxy groups -OCH3 is 2. The Morgan fingerprint density at radius 1 is 1.04 bits per heavy atom. The Balaban J connectivity index is 1.99. The molecule has 8 heteroatoms. The topological polar surface area (TPSA) is 93.7 Å². The molecule has 0 fully saturated rings. The Hall–Kier alpha value is -2.58. The summed E-state index contributed by atoms with van der Waals surface area (Å²) in [6.45, 7) is -0.358. The highest BCUT2D eigenvalue weighted by atomic mass is 32.2. The van der Waals surface area contributed by atoms with Crippen molar-refractivity contribution in [1.82, 2.24) is 4.72 Å². The normalized spacial score (nSPS) is 11.0. The zero-order valence-corrected chi connectivity index (χ0v) is 14.8. The number of sulfonamides is 1. The van der Waals surface area contributed by atoms with Gasteiger partial charge in [-0.25, -0.2) is 13.1 Å². The summed E-state index contributed by atoms with van der Waals surface area (Å²) < 4.78 is 37.0. The van der Waals surface area contributed by atoms with Crippen molar-refractivity contribution in [2.45, 2.75) is 5.75 Å². The fourth-order valence-electron chi connectivity index (χ4n) is 2.15. The highest BCUT2D eigenvalue weighted by Crippen LogP contribution is 2.25. The van der Waals surface area contributed by atoms with Crippen LogP contribution in [0, 0.1) is 0 Å². The van der Waals surface area contributed by atoms with Crippen molar-refractivity contribution in [3.05, 3.63) is 54.1 Å². The molecule has 0 aliphatic carbocycles. The number of amides is 1. The first kappa shape index (κ1) is 18.8. The lowest BCUT2D eigenvalue weighted by molar-refractivity contribution is -0.115. The molecule has 134 valence electrons. The summed E-state index contributed by atoms with van der Waals surface area (Å²) in [5.74, 6) is 0.173. The second-order valence-electron chi connectivity index (χ2n) is 5.17. The van der Waals surface area contributed by atoms with Crippen molar-refractivity contribution in [3.8, 4) is 11.5 Å². The lowest BCUT2D eigenvalue weighted by atomic mass is 10.2. The van der Waals surface area contributed by atoms with Crippen molar-refractivity contribution in [2.75, 3.05) is 26.1 Å². The highest BCUT2D eigenvalue weighted by molar-refractivity contribution is 7.88. The molecule has 0 aliphatic heterocycles. The zero-order chi connectivity index (χ0) is 18.3. The second kappa shape index (κ2) is 8.50. The van der Waals surface area contributed by atoms with Gasteiger partial charge in [-0.3, -0.25) is 4.79 Å². The molecule has 0 aromatic heterocycles. The number of para-hydroxylation sites is 1. The van der Waals surface area contributed by atoms with Gasteiger partial charge in [-0.2, -0.15) is 0 Å². The van der Waals surface area contributed by atoms with Crippen LogP contribution in [0.4, 0.5) is 5.69 Å². The number of carbonyl (C=O) groups is 1. The largest absolute Gasteiger partial charge is 0.497 e. The zero-order valence-electron chi connectivity index (χ0n) is 14.0. The van der Waals surface area contributed by atoms with Gasteiger partial charge in [-0.1, -0.05) is 18.2 Å². The van der Waals surface area contributed by atoms with Crippen LogP contribution in [0.2, 0.25) is 0 Å². The lowest BCUT2D eigenvalue weighted by Crippen LogP contribution is -2.33. The Morgan fingerprint density at radius 3 is 2.40 bits per heavy atom. The minimum Gasteiger partial charge on any atom is -0.497 e. The van der Waals surface area contributed by atoms with E-state index in [2.05, 4.69) is 10.0 Å². The monoisotopic (exact) mass is 364 g/mol. The number of benzene rings is 2. The van der Waals surface area contributed by atoms with Crippen LogP contribution in [0.1, 0.15) is 5.56 Å². The number of nitrogens with one attached hydrogen (secondary N) is 2. The maximum Gasteiger partial charge on any atom is 0.239 e. The maximum absolute atomic E-state index is 12.2. The summed E-state index contributed by atoms with van der Waals surface area (Å²) in [6, 6.07) is 13.7. The van der Waals surface area contributed by atoms with Crippen molar-refractivity contribution in [2.24, 2.45) is 0 Å². The molecular formula is C17H20N2O5S. The third-order valence-corrected chi connectivity index (χ3v) is 4.62. The Morgan fingerprint density at radius 2 is 1.76 bits per heavy atom. The molecule has 0 saturated carbocycles. The number of hydrogen-bond acceptors (Lipinski definition) is 5. The van der Waals surface area contributed by atoms with E-state index in [9.17, 15) is 13.2 Å². The molecule has 0 aliphatic rings. The third kappa shape index (κ3) is 5.77. The predicted molar refractivity (Wildman–Crippen MR) is 95.2 cm³/mol. The van der Waals surface area contributed by atoms with Gasteiger partial charge in [0, 0.05) is 11.3 Å². The molecule has 0 heterocycles. The Kier molecular flexibility index (Phi) is 6.37. The van der Waals surface area contributed by atoms with E-state index in [1.54, 1.807) is 42.5 Å². The summed E-state index contributed by atoms with van der Waals surface area (Å²) in [6.07, 6.45) is 0. The van der Waals surface area contributed by atoms with Gasteiger partial charge < -0.3 is 14.8 Å². The van der Waals surface area contributed by atoms with Crippen molar-refractivity contribution < 1.29 is 22.7 Å². The Labute approximate surface area is 147 Å². The van der Waals surface area contributed by atoms with Crippen LogP contribution in [-0.2, 0) is 20.6 Å². The summed E-state index contributed by atoms with van der Waals surface area (Å²) in [4.78, 5) is 11.9. The van der Waals surface area contributed by atoms with Crippen LogP contribution in [-0.4, -0.2) is 35.1 Å². The SMILES string of the molecule is COc1ccc(OC)c(CS(=O)(=O)NCC(=O)Nc2ccccc2)c1. The molecule has 0 atom stereocenters. The van der Waals surface area contributed by atoms with E-state index in [0.29, 0.717) is 22.7 Å². The third-order valence-electron chi connectivity index (χ3n) is 3.34. The molecule has 1 amide bonds. The van der Waals surface area contributed by atoms with Crippen LogP contribution in [0.3, 0.4) is 0 Å². The summed E-state index contributed by atoms with van der Waals surface area (Å²) >= 11 is 0. The van der Waals surface area contributed by atoms with Gasteiger partial charge in [0.25, 0.3) is 0 Å². The molecule has 2 rings (SSSR count). The van der Waals surface area contributed by atoms with Gasteiger partial charge in [-0.05, 0) is 30.3 Å². The number of hydrogen-bond donors (Lipinski definition) is 2.